The molecule has 3 aromatic carbocycles. The molecule has 1 amide bonds. The van der Waals surface area contributed by atoms with Crippen LogP contribution in [0.1, 0.15) is 32.2 Å². The van der Waals surface area contributed by atoms with Gasteiger partial charge < -0.3 is 19.6 Å². The van der Waals surface area contributed by atoms with E-state index in [1.807, 2.05) is 37.3 Å². The number of amides is 1. The fourth-order valence-electron chi connectivity index (χ4n) is 3.39. The van der Waals surface area contributed by atoms with Crippen LogP contribution in [0.5, 0.6) is 5.75 Å². The van der Waals surface area contributed by atoms with Crippen LogP contribution in [0.15, 0.2) is 71.1 Å². The Morgan fingerprint density at radius 1 is 1.03 bits per heavy atom. The summed E-state index contributed by atoms with van der Waals surface area (Å²) in [5.41, 5.74) is 1.80. The van der Waals surface area contributed by atoms with Gasteiger partial charge in [0.1, 0.15) is 11.5 Å². The molecule has 36 heavy (non-hydrogen) atoms. The number of carbonyl (C=O) groups is 2. The van der Waals surface area contributed by atoms with Crippen LogP contribution in [0.25, 0.3) is 11.5 Å². The van der Waals surface area contributed by atoms with Gasteiger partial charge in [-0.2, -0.15) is 0 Å². The number of nitrogens with one attached hydrogen (secondary N) is 1. The van der Waals surface area contributed by atoms with Crippen molar-refractivity contribution in [3.63, 3.8) is 0 Å². The van der Waals surface area contributed by atoms with E-state index in [9.17, 15) is 14.7 Å². The molecule has 0 spiro atoms. The molecular weight excluding hydrogens is 498 g/mol. The van der Waals surface area contributed by atoms with Crippen LogP contribution < -0.4 is 10.1 Å². The van der Waals surface area contributed by atoms with Gasteiger partial charge in [-0.25, -0.2) is 9.78 Å². The Morgan fingerprint density at radius 3 is 2.47 bits per heavy atom. The monoisotopic (exact) mass is 518 g/mol. The number of aromatic carboxylic acids is 1. The standard InChI is InChI=1S/C26H20Cl2N2O5.Li.H/c1-15-22(30-25(35-15)16-5-3-2-4-6-16)11-12-34-18-8-10-23(20(14-18)26(32)33)29-24(31)19-9-7-17(27)13-21(19)28;;/h2-10,13-14H,11-12H2,1H3,(H,29,31)(H,32,33);;. The molecule has 0 aliphatic rings. The summed E-state index contributed by atoms with van der Waals surface area (Å²) in [7, 11) is 0. The van der Waals surface area contributed by atoms with E-state index in [4.69, 9.17) is 32.4 Å². The second kappa shape index (κ2) is 12.2. The number of carboxylic acids is 1. The van der Waals surface area contributed by atoms with Crippen LogP contribution >= 0.6 is 23.2 Å². The maximum atomic E-state index is 12.6. The number of anilines is 1. The molecule has 0 aliphatic carbocycles. The number of carbonyl (C=O) groups excluding carboxylic acids is 1. The fraction of sp³-hybridized carbons (Fsp3) is 0.115. The molecule has 0 unspecified atom stereocenters. The molecule has 0 saturated carbocycles. The van der Waals surface area contributed by atoms with Crippen molar-refractivity contribution in [2.75, 3.05) is 11.9 Å². The zero-order valence-electron chi connectivity index (χ0n) is 18.5. The van der Waals surface area contributed by atoms with E-state index in [-0.39, 0.29) is 47.3 Å². The van der Waals surface area contributed by atoms with E-state index < -0.39 is 11.9 Å². The molecule has 0 aliphatic heterocycles. The third-order valence-electron chi connectivity index (χ3n) is 5.17. The van der Waals surface area contributed by atoms with Gasteiger partial charge in [-0.3, -0.25) is 4.79 Å². The molecule has 0 saturated heterocycles. The first-order chi connectivity index (χ1) is 16.8. The number of ether oxygens (including phenoxy) is 1. The summed E-state index contributed by atoms with van der Waals surface area (Å²) in [6.45, 7) is 2.09. The van der Waals surface area contributed by atoms with Crippen molar-refractivity contribution in [3.05, 3.63) is 99.4 Å². The summed E-state index contributed by atoms with van der Waals surface area (Å²) in [5.74, 6) is -0.203. The predicted octanol–water partition coefficient (Wildman–Crippen LogP) is 5.88. The topological polar surface area (TPSA) is 102 Å². The average Bonchev–Trinajstić information content (AvgIpc) is 3.20. The zero-order valence-corrected chi connectivity index (χ0v) is 20.1. The van der Waals surface area contributed by atoms with Crippen LogP contribution in [0.3, 0.4) is 0 Å². The van der Waals surface area contributed by atoms with Gasteiger partial charge in [-0.1, -0.05) is 41.4 Å². The predicted molar refractivity (Wildman–Crippen MR) is 141 cm³/mol. The average molecular weight is 519 g/mol. The van der Waals surface area contributed by atoms with Crippen LogP contribution in [0.4, 0.5) is 5.69 Å². The summed E-state index contributed by atoms with van der Waals surface area (Å²) in [6, 6.07) is 18.4. The Labute approximate surface area is 229 Å². The number of benzene rings is 3. The molecule has 10 heteroatoms. The molecule has 0 radical (unpaired) electrons. The molecule has 4 rings (SSSR count). The number of hydrogen-bond acceptors (Lipinski definition) is 5. The van der Waals surface area contributed by atoms with E-state index in [2.05, 4.69) is 10.3 Å². The molecule has 180 valence electrons. The van der Waals surface area contributed by atoms with Gasteiger partial charge in [0, 0.05) is 17.0 Å². The van der Waals surface area contributed by atoms with Crippen molar-refractivity contribution in [1.82, 2.24) is 4.98 Å². The SMILES string of the molecule is Cc1oc(-c2ccccc2)nc1CCOc1ccc(NC(=O)c2ccc(Cl)cc2Cl)c(C(=O)O)c1.[LiH]. The normalized spacial score (nSPS) is 10.4. The van der Waals surface area contributed by atoms with Crippen LogP contribution in [0, 0.1) is 6.92 Å². The molecule has 0 fully saturated rings. The number of hydrogen-bond donors (Lipinski definition) is 2. The third kappa shape index (κ3) is 6.51. The summed E-state index contributed by atoms with van der Waals surface area (Å²) in [4.78, 5) is 28.9. The van der Waals surface area contributed by atoms with Gasteiger partial charge >= 0.3 is 24.8 Å². The van der Waals surface area contributed by atoms with Crippen molar-refractivity contribution < 1.29 is 23.8 Å². The minimum atomic E-state index is -1.21. The number of nitrogens with zero attached hydrogens (tertiary/aromatic N) is 1. The van der Waals surface area contributed by atoms with E-state index in [1.165, 1.54) is 30.3 Å². The molecule has 0 atom stereocenters. The summed E-state index contributed by atoms with van der Waals surface area (Å²) in [6.07, 6.45) is 0.470. The number of carboxylic acid groups (broad SMARTS) is 1. The van der Waals surface area contributed by atoms with Gasteiger partial charge in [-0.15, -0.1) is 0 Å². The third-order valence-corrected chi connectivity index (χ3v) is 5.71. The van der Waals surface area contributed by atoms with Gasteiger partial charge in [0.15, 0.2) is 0 Å². The van der Waals surface area contributed by atoms with Gasteiger partial charge in [0.05, 0.1) is 34.1 Å². The van der Waals surface area contributed by atoms with E-state index in [1.54, 1.807) is 6.07 Å². The van der Waals surface area contributed by atoms with Crippen molar-refractivity contribution in [2.45, 2.75) is 13.3 Å². The molecule has 4 aromatic rings. The molecule has 0 bridgehead atoms. The molecule has 1 aromatic heterocycles. The fourth-order valence-corrected chi connectivity index (χ4v) is 3.89. The number of oxazole rings is 1. The molecular formula is C26H21Cl2LiN2O5. The Kier molecular flexibility index (Phi) is 9.24. The summed E-state index contributed by atoms with van der Waals surface area (Å²) < 4.78 is 11.5. The Morgan fingerprint density at radius 2 is 1.78 bits per heavy atom. The maximum absolute atomic E-state index is 12.6. The second-order valence-corrected chi connectivity index (χ2v) is 8.42. The van der Waals surface area contributed by atoms with Crippen LogP contribution in [-0.2, 0) is 6.42 Å². The van der Waals surface area contributed by atoms with Crippen molar-refractivity contribution >= 4 is 59.6 Å². The number of aromatic nitrogens is 1. The van der Waals surface area contributed by atoms with Gasteiger partial charge in [0.25, 0.3) is 5.91 Å². The zero-order chi connectivity index (χ0) is 24.9. The number of halogens is 2. The van der Waals surface area contributed by atoms with E-state index in [0.717, 1.165) is 11.3 Å². The number of aryl methyl sites for hydroxylation is 1. The summed E-state index contributed by atoms with van der Waals surface area (Å²) in [5, 5.41) is 12.8. The van der Waals surface area contributed by atoms with Crippen molar-refractivity contribution in [3.8, 4) is 17.2 Å². The second-order valence-electron chi connectivity index (χ2n) is 7.58. The quantitative estimate of drug-likeness (QED) is 0.282. The minimum absolute atomic E-state index is 0. The number of rotatable bonds is 8. The first kappa shape index (κ1) is 27.4. The first-order valence-corrected chi connectivity index (χ1v) is 11.4. The van der Waals surface area contributed by atoms with E-state index >= 15 is 0 Å². The Hall–Kier alpha value is -3.21. The van der Waals surface area contributed by atoms with Crippen molar-refractivity contribution in [2.24, 2.45) is 0 Å². The Balaban J connectivity index is 0.00000361. The van der Waals surface area contributed by atoms with E-state index in [0.29, 0.717) is 28.8 Å². The van der Waals surface area contributed by atoms with Crippen LogP contribution in [-0.4, -0.2) is 47.4 Å². The first-order valence-electron chi connectivity index (χ1n) is 10.6. The Bertz CT molecular complexity index is 1390. The van der Waals surface area contributed by atoms with Gasteiger partial charge in [0.2, 0.25) is 5.89 Å². The molecule has 7 nitrogen and oxygen atoms in total. The van der Waals surface area contributed by atoms with Gasteiger partial charge in [-0.05, 0) is 55.5 Å². The summed E-state index contributed by atoms with van der Waals surface area (Å²) >= 11 is 11.9. The van der Waals surface area contributed by atoms with Crippen molar-refractivity contribution in [1.29, 1.82) is 0 Å². The van der Waals surface area contributed by atoms with Crippen LogP contribution in [0.2, 0.25) is 10.0 Å². The molecule has 2 N–H and O–H groups in total. The molecule has 1 heterocycles.